The highest BCUT2D eigenvalue weighted by molar-refractivity contribution is 5.96. The van der Waals surface area contributed by atoms with Crippen molar-refractivity contribution in [2.75, 3.05) is 53.0 Å². The first-order valence-corrected chi connectivity index (χ1v) is 14.3. The van der Waals surface area contributed by atoms with E-state index in [0.717, 1.165) is 32.4 Å². The first kappa shape index (κ1) is 26.4. The summed E-state index contributed by atoms with van der Waals surface area (Å²) in [6.07, 6.45) is 2.41. The van der Waals surface area contributed by atoms with Crippen molar-refractivity contribution in [1.29, 1.82) is 0 Å². The third-order valence-corrected chi connectivity index (χ3v) is 8.83. The highest BCUT2D eigenvalue weighted by Crippen LogP contribution is 2.44. The van der Waals surface area contributed by atoms with Gasteiger partial charge >= 0.3 is 6.09 Å². The third-order valence-electron chi connectivity index (χ3n) is 8.83. The molecule has 6 rings (SSSR count). The molecule has 3 aromatic carbocycles. The normalized spacial score (nSPS) is 19.1. The van der Waals surface area contributed by atoms with Gasteiger partial charge < -0.3 is 24.6 Å². The first-order chi connectivity index (χ1) is 19.5. The van der Waals surface area contributed by atoms with Gasteiger partial charge in [0.25, 0.3) is 5.91 Å². The van der Waals surface area contributed by atoms with E-state index >= 15 is 0 Å². The molecular formula is C33H37N3O4. The molecule has 208 valence electrons. The van der Waals surface area contributed by atoms with Crippen LogP contribution in [0.3, 0.4) is 0 Å². The summed E-state index contributed by atoms with van der Waals surface area (Å²) < 4.78 is 12.1. The number of fused-ring (bicyclic) bond motifs is 4. The Kier molecular flexibility index (Phi) is 7.48. The van der Waals surface area contributed by atoms with Crippen molar-refractivity contribution in [3.8, 4) is 16.9 Å². The Morgan fingerprint density at radius 3 is 2.23 bits per heavy atom. The molecule has 1 saturated heterocycles. The number of ether oxygens (including phenoxy) is 2. The van der Waals surface area contributed by atoms with Crippen LogP contribution in [0.25, 0.3) is 11.1 Å². The van der Waals surface area contributed by atoms with Gasteiger partial charge in [-0.05, 0) is 72.2 Å². The Labute approximate surface area is 236 Å². The second-order valence-corrected chi connectivity index (χ2v) is 11.3. The lowest BCUT2D eigenvalue weighted by Crippen LogP contribution is -2.48. The number of nitrogens with one attached hydrogen (secondary N) is 1. The summed E-state index contributed by atoms with van der Waals surface area (Å²) in [5.41, 5.74) is 5.32. The van der Waals surface area contributed by atoms with Gasteiger partial charge in [0.15, 0.2) is 0 Å². The second kappa shape index (κ2) is 11.3. The van der Waals surface area contributed by atoms with Gasteiger partial charge in [0, 0.05) is 26.1 Å². The van der Waals surface area contributed by atoms with Crippen molar-refractivity contribution in [3.63, 3.8) is 0 Å². The van der Waals surface area contributed by atoms with Crippen molar-refractivity contribution >= 4 is 12.0 Å². The van der Waals surface area contributed by atoms with E-state index in [4.69, 9.17) is 9.47 Å². The number of piperidine rings is 1. The molecule has 3 aromatic rings. The van der Waals surface area contributed by atoms with Crippen LogP contribution in [0.15, 0.2) is 72.8 Å². The van der Waals surface area contributed by atoms with Crippen LogP contribution < -0.4 is 10.1 Å². The first-order valence-electron chi connectivity index (χ1n) is 14.3. The Hall–Kier alpha value is -3.84. The number of benzene rings is 3. The van der Waals surface area contributed by atoms with Gasteiger partial charge in [-0.15, -0.1) is 0 Å². The smallest absolute Gasteiger partial charge is 0.409 e. The minimum absolute atomic E-state index is 0.0161. The minimum atomic E-state index is -0.315. The predicted octanol–water partition coefficient (Wildman–Crippen LogP) is 5.16. The molecule has 2 heterocycles. The zero-order valence-electron chi connectivity index (χ0n) is 23.1. The van der Waals surface area contributed by atoms with Gasteiger partial charge in [-0.25, -0.2) is 4.79 Å². The fraction of sp³-hybridized carbons (Fsp3) is 0.394. The van der Waals surface area contributed by atoms with Crippen molar-refractivity contribution < 1.29 is 19.1 Å². The Bertz CT molecular complexity index is 1340. The molecule has 7 heteroatoms. The zero-order valence-corrected chi connectivity index (χ0v) is 23.1. The van der Waals surface area contributed by atoms with Crippen LogP contribution in [-0.4, -0.2) is 74.8 Å². The average Bonchev–Trinajstić information content (AvgIpc) is 3.31. The molecule has 2 aliphatic heterocycles. The largest absolute Gasteiger partial charge is 0.491 e. The molecule has 2 amide bonds. The van der Waals surface area contributed by atoms with Crippen LogP contribution in [0.2, 0.25) is 0 Å². The monoisotopic (exact) mass is 539 g/mol. The molecule has 0 saturated carbocycles. The van der Waals surface area contributed by atoms with Crippen molar-refractivity contribution in [2.45, 2.75) is 25.2 Å². The van der Waals surface area contributed by atoms with Gasteiger partial charge in [-0.3, -0.25) is 4.79 Å². The van der Waals surface area contributed by atoms with E-state index in [9.17, 15) is 9.59 Å². The Balaban J connectivity index is 1.22. The fourth-order valence-electron chi connectivity index (χ4n) is 6.61. The lowest BCUT2D eigenvalue weighted by atomic mass is 9.75. The van der Waals surface area contributed by atoms with Crippen LogP contribution in [-0.2, 0) is 4.74 Å². The molecule has 0 bridgehead atoms. The number of rotatable bonds is 2. The molecular weight excluding hydrogens is 502 g/mol. The maximum absolute atomic E-state index is 13.6. The molecule has 1 N–H and O–H groups in total. The van der Waals surface area contributed by atoms with E-state index in [1.54, 1.807) is 4.90 Å². The summed E-state index contributed by atoms with van der Waals surface area (Å²) in [5.74, 6) is 0.539. The van der Waals surface area contributed by atoms with E-state index in [0.29, 0.717) is 37.6 Å². The Morgan fingerprint density at radius 2 is 1.52 bits per heavy atom. The second-order valence-electron chi connectivity index (χ2n) is 11.3. The molecule has 0 aromatic heterocycles. The maximum atomic E-state index is 13.6. The highest BCUT2D eigenvalue weighted by atomic mass is 16.6. The predicted molar refractivity (Wildman–Crippen MR) is 155 cm³/mol. The molecule has 0 unspecified atom stereocenters. The quantitative estimate of drug-likeness (QED) is 0.487. The maximum Gasteiger partial charge on any atom is 0.409 e. The highest BCUT2D eigenvalue weighted by Gasteiger charge is 2.36. The summed E-state index contributed by atoms with van der Waals surface area (Å²) >= 11 is 0. The Morgan fingerprint density at radius 1 is 0.900 bits per heavy atom. The van der Waals surface area contributed by atoms with E-state index in [1.165, 1.54) is 22.3 Å². The fourth-order valence-corrected chi connectivity index (χ4v) is 6.61. The van der Waals surface area contributed by atoms with Crippen LogP contribution in [0.4, 0.5) is 4.79 Å². The van der Waals surface area contributed by atoms with Crippen LogP contribution in [0.5, 0.6) is 5.75 Å². The van der Waals surface area contributed by atoms with Gasteiger partial charge in [0.1, 0.15) is 19.0 Å². The SMILES string of the molecule is CN1CC2(CCNCC2)CCN(C(=O)OCC2c3ccccc3-c3ccccc32)CCOc2ccccc2C1=O. The van der Waals surface area contributed by atoms with Gasteiger partial charge in [0.2, 0.25) is 0 Å². The molecule has 1 aliphatic carbocycles. The van der Waals surface area contributed by atoms with E-state index in [-0.39, 0.29) is 29.9 Å². The summed E-state index contributed by atoms with van der Waals surface area (Å²) in [4.78, 5) is 30.6. The van der Waals surface area contributed by atoms with Crippen molar-refractivity contribution in [1.82, 2.24) is 15.1 Å². The molecule has 40 heavy (non-hydrogen) atoms. The molecule has 7 nitrogen and oxygen atoms in total. The summed E-state index contributed by atoms with van der Waals surface area (Å²) in [6.45, 7) is 3.99. The van der Waals surface area contributed by atoms with Crippen LogP contribution >= 0.6 is 0 Å². The van der Waals surface area contributed by atoms with Crippen molar-refractivity contribution in [3.05, 3.63) is 89.5 Å². The van der Waals surface area contributed by atoms with Crippen molar-refractivity contribution in [2.24, 2.45) is 5.41 Å². The lowest BCUT2D eigenvalue weighted by molar-refractivity contribution is 0.0546. The van der Waals surface area contributed by atoms with Crippen LogP contribution in [0, 0.1) is 5.41 Å². The molecule has 0 atom stereocenters. The van der Waals surface area contributed by atoms with Gasteiger partial charge in [-0.2, -0.15) is 0 Å². The molecule has 0 radical (unpaired) electrons. The number of nitrogens with zero attached hydrogens (tertiary/aromatic N) is 2. The number of hydrogen-bond donors (Lipinski definition) is 1. The number of carbonyl (C=O) groups is 2. The zero-order chi connectivity index (χ0) is 27.5. The molecule has 1 fully saturated rings. The van der Waals surface area contributed by atoms with E-state index in [2.05, 4.69) is 41.7 Å². The molecule has 1 spiro atoms. The topological polar surface area (TPSA) is 71.1 Å². The lowest BCUT2D eigenvalue weighted by Gasteiger charge is -2.42. The van der Waals surface area contributed by atoms with E-state index in [1.807, 2.05) is 48.3 Å². The summed E-state index contributed by atoms with van der Waals surface area (Å²) in [6, 6.07) is 24.1. The van der Waals surface area contributed by atoms with Gasteiger partial charge in [-0.1, -0.05) is 60.7 Å². The summed E-state index contributed by atoms with van der Waals surface area (Å²) in [7, 11) is 1.87. The number of para-hydroxylation sites is 1. The van der Waals surface area contributed by atoms with E-state index < -0.39 is 0 Å². The minimum Gasteiger partial charge on any atom is -0.491 e. The average molecular weight is 540 g/mol. The van der Waals surface area contributed by atoms with Crippen LogP contribution in [0.1, 0.15) is 46.7 Å². The summed E-state index contributed by atoms with van der Waals surface area (Å²) in [5, 5.41) is 3.46. The number of carbonyl (C=O) groups excluding carboxylic acids is 2. The number of hydrogen-bond acceptors (Lipinski definition) is 5. The standard InChI is InChI=1S/C33H37N3O4/c1-35-23-33(14-17-34-18-15-33)16-19-36(20-21-39-30-13-7-6-12-28(30)31(35)37)32(38)40-22-29-26-10-4-2-8-24(26)25-9-3-5-11-27(25)29/h2-13,29,34H,14-23H2,1H3. The molecule has 3 aliphatic rings. The third kappa shape index (κ3) is 5.18. The number of amides is 2. The van der Waals surface area contributed by atoms with Gasteiger partial charge in [0.05, 0.1) is 12.1 Å².